The van der Waals surface area contributed by atoms with Crippen molar-refractivity contribution >= 4 is 17.8 Å². The molecule has 7 heteroatoms. The molecule has 0 saturated carbocycles. The smallest absolute Gasteiger partial charge is 0.311 e. The van der Waals surface area contributed by atoms with Gasteiger partial charge in [0.2, 0.25) is 0 Å². The number of likely N-dealkylation sites (tertiary alicyclic amines) is 1. The van der Waals surface area contributed by atoms with Crippen molar-refractivity contribution in [3.8, 4) is 5.75 Å². The lowest BCUT2D eigenvalue weighted by Gasteiger charge is -2.30. The van der Waals surface area contributed by atoms with Crippen LogP contribution in [-0.4, -0.2) is 49.5 Å². The maximum Gasteiger partial charge on any atom is 0.311 e. The van der Waals surface area contributed by atoms with Crippen molar-refractivity contribution in [3.63, 3.8) is 0 Å². The van der Waals surface area contributed by atoms with Crippen LogP contribution in [0.25, 0.3) is 0 Å². The van der Waals surface area contributed by atoms with Crippen molar-refractivity contribution in [1.29, 1.82) is 0 Å². The van der Waals surface area contributed by atoms with Crippen molar-refractivity contribution in [2.75, 3.05) is 26.8 Å². The van der Waals surface area contributed by atoms with Crippen LogP contribution in [0.15, 0.2) is 24.3 Å². The highest BCUT2D eigenvalue weighted by atomic mass is 16.5. The van der Waals surface area contributed by atoms with Gasteiger partial charge in [-0.05, 0) is 25.8 Å². The van der Waals surface area contributed by atoms with E-state index in [0.717, 1.165) is 5.56 Å². The van der Waals surface area contributed by atoms with Crippen LogP contribution in [0.4, 0.5) is 0 Å². The number of methoxy groups -OCH3 is 1. The molecule has 0 spiro atoms. The number of ether oxygens (including phenoxy) is 2. The minimum Gasteiger partial charge on any atom is -0.496 e. The maximum absolute atomic E-state index is 12.2. The second-order valence-electron chi connectivity index (χ2n) is 5.81. The molecule has 136 valence electrons. The summed E-state index contributed by atoms with van der Waals surface area (Å²) in [7, 11) is 1.56. The van der Waals surface area contributed by atoms with Crippen molar-refractivity contribution in [2.45, 2.75) is 26.3 Å². The van der Waals surface area contributed by atoms with E-state index in [1.165, 1.54) is 4.90 Å². The minimum absolute atomic E-state index is 0.194. The molecule has 2 amide bonds. The van der Waals surface area contributed by atoms with Crippen LogP contribution in [0.2, 0.25) is 0 Å². The van der Waals surface area contributed by atoms with Crippen LogP contribution in [0.3, 0.4) is 0 Å². The first-order valence-electron chi connectivity index (χ1n) is 8.42. The number of hydrogen-bond donors (Lipinski definition) is 1. The van der Waals surface area contributed by atoms with E-state index in [1.807, 2.05) is 18.2 Å². The van der Waals surface area contributed by atoms with E-state index in [0.29, 0.717) is 38.3 Å². The average molecular weight is 348 g/mol. The molecule has 2 rings (SSSR count). The van der Waals surface area contributed by atoms with Crippen LogP contribution in [0.1, 0.15) is 25.3 Å². The normalized spacial score (nSPS) is 14.7. The van der Waals surface area contributed by atoms with Crippen LogP contribution < -0.4 is 10.1 Å². The Labute approximate surface area is 147 Å². The lowest BCUT2D eigenvalue weighted by Crippen LogP contribution is -2.47. The van der Waals surface area contributed by atoms with E-state index in [2.05, 4.69) is 5.32 Å². The van der Waals surface area contributed by atoms with E-state index in [4.69, 9.17) is 9.47 Å². The van der Waals surface area contributed by atoms with Gasteiger partial charge >= 0.3 is 17.8 Å². The molecule has 0 unspecified atom stereocenters. The van der Waals surface area contributed by atoms with E-state index in [-0.39, 0.29) is 18.4 Å². The molecule has 25 heavy (non-hydrogen) atoms. The third kappa shape index (κ3) is 4.95. The molecule has 1 aromatic carbocycles. The fourth-order valence-electron chi connectivity index (χ4n) is 2.82. The summed E-state index contributed by atoms with van der Waals surface area (Å²) in [6.45, 7) is 3.09. The van der Waals surface area contributed by atoms with Gasteiger partial charge in [-0.2, -0.15) is 0 Å². The molecular weight excluding hydrogens is 324 g/mol. The van der Waals surface area contributed by atoms with Gasteiger partial charge in [0.15, 0.2) is 0 Å². The minimum atomic E-state index is -0.652. The molecule has 0 atom stereocenters. The Kier molecular flexibility index (Phi) is 6.80. The summed E-state index contributed by atoms with van der Waals surface area (Å²) in [4.78, 5) is 37.5. The average Bonchev–Trinajstić information content (AvgIpc) is 2.66. The van der Waals surface area contributed by atoms with Gasteiger partial charge < -0.3 is 19.7 Å². The first-order valence-corrected chi connectivity index (χ1v) is 8.42. The summed E-state index contributed by atoms with van der Waals surface area (Å²) in [6, 6.07) is 7.30. The molecule has 0 radical (unpaired) electrons. The number of carbonyl (C=O) groups is 3. The number of piperidine rings is 1. The number of amides is 2. The van der Waals surface area contributed by atoms with Crippen LogP contribution in [0.5, 0.6) is 5.75 Å². The zero-order chi connectivity index (χ0) is 18.2. The molecule has 1 aliphatic rings. The molecular formula is C18H24N2O5. The number of hydrogen-bond acceptors (Lipinski definition) is 5. The Hall–Kier alpha value is -2.57. The SMILES string of the molecule is CCOC(=O)C1CCN(C(=O)C(=O)NCc2ccccc2OC)CC1. The van der Waals surface area contributed by atoms with Crippen molar-refractivity contribution in [1.82, 2.24) is 10.2 Å². The van der Waals surface area contributed by atoms with E-state index in [1.54, 1.807) is 20.1 Å². The summed E-state index contributed by atoms with van der Waals surface area (Å²) < 4.78 is 10.2. The van der Waals surface area contributed by atoms with Gasteiger partial charge in [0.25, 0.3) is 0 Å². The summed E-state index contributed by atoms with van der Waals surface area (Å²) in [5.74, 6) is -0.987. The number of para-hydroxylation sites is 1. The van der Waals surface area contributed by atoms with Crippen LogP contribution in [-0.2, 0) is 25.7 Å². The third-order valence-electron chi connectivity index (χ3n) is 4.23. The molecule has 0 bridgehead atoms. The standard InChI is InChI=1S/C18H24N2O5/c1-3-25-18(23)13-8-10-20(11-9-13)17(22)16(21)19-12-14-6-4-5-7-15(14)24-2/h4-7,13H,3,8-12H2,1-2H3,(H,19,21). The van der Waals surface area contributed by atoms with Crippen molar-refractivity contribution in [3.05, 3.63) is 29.8 Å². The second-order valence-corrected chi connectivity index (χ2v) is 5.81. The van der Waals surface area contributed by atoms with E-state index in [9.17, 15) is 14.4 Å². The molecule has 0 aromatic heterocycles. The van der Waals surface area contributed by atoms with Crippen LogP contribution in [0, 0.1) is 5.92 Å². The Balaban J connectivity index is 1.83. The van der Waals surface area contributed by atoms with Gasteiger partial charge in [0.05, 0.1) is 19.6 Å². The molecule has 1 heterocycles. The number of rotatable bonds is 5. The molecule has 0 aliphatic carbocycles. The summed E-state index contributed by atoms with van der Waals surface area (Å²) in [6.07, 6.45) is 1.04. The van der Waals surface area contributed by atoms with E-state index >= 15 is 0 Å². The highest BCUT2D eigenvalue weighted by molar-refractivity contribution is 6.35. The van der Waals surface area contributed by atoms with Gasteiger partial charge in [0, 0.05) is 25.2 Å². The van der Waals surface area contributed by atoms with Gasteiger partial charge in [-0.1, -0.05) is 18.2 Å². The summed E-state index contributed by atoms with van der Waals surface area (Å²) in [5.41, 5.74) is 0.798. The zero-order valence-corrected chi connectivity index (χ0v) is 14.6. The Morgan fingerprint density at radius 3 is 2.52 bits per heavy atom. The highest BCUT2D eigenvalue weighted by Crippen LogP contribution is 2.19. The monoisotopic (exact) mass is 348 g/mol. The number of carbonyl (C=O) groups excluding carboxylic acids is 3. The Morgan fingerprint density at radius 2 is 1.88 bits per heavy atom. The van der Waals surface area contributed by atoms with Crippen molar-refractivity contribution < 1.29 is 23.9 Å². The Morgan fingerprint density at radius 1 is 1.20 bits per heavy atom. The molecule has 1 N–H and O–H groups in total. The van der Waals surface area contributed by atoms with Gasteiger partial charge in [0.1, 0.15) is 5.75 Å². The van der Waals surface area contributed by atoms with Gasteiger partial charge in [-0.15, -0.1) is 0 Å². The largest absolute Gasteiger partial charge is 0.496 e. The lowest BCUT2D eigenvalue weighted by molar-refractivity contribution is -0.152. The van der Waals surface area contributed by atoms with Crippen molar-refractivity contribution in [2.24, 2.45) is 5.92 Å². The van der Waals surface area contributed by atoms with Crippen LogP contribution >= 0.6 is 0 Å². The molecule has 1 aliphatic heterocycles. The quantitative estimate of drug-likeness (QED) is 0.636. The predicted molar refractivity (Wildman–Crippen MR) is 90.8 cm³/mol. The Bertz CT molecular complexity index is 624. The maximum atomic E-state index is 12.2. The molecule has 1 fully saturated rings. The highest BCUT2D eigenvalue weighted by Gasteiger charge is 2.30. The number of esters is 1. The van der Waals surface area contributed by atoms with Gasteiger partial charge in [-0.3, -0.25) is 14.4 Å². The fourth-order valence-corrected chi connectivity index (χ4v) is 2.82. The number of benzene rings is 1. The first kappa shape index (κ1) is 18.8. The topological polar surface area (TPSA) is 84.9 Å². The second kappa shape index (κ2) is 9.05. The third-order valence-corrected chi connectivity index (χ3v) is 4.23. The van der Waals surface area contributed by atoms with E-state index < -0.39 is 11.8 Å². The summed E-state index contributed by atoms with van der Waals surface area (Å²) in [5, 5.41) is 2.62. The lowest BCUT2D eigenvalue weighted by atomic mass is 9.97. The molecule has 1 aromatic rings. The first-order chi connectivity index (χ1) is 12.1. The summed E-state index contributed by atoms with van der Waals surface area (Å²) >= 11 is 0. The fraction of sp³-hybridized carbons (Fsp3) is 0.500. The number of nitrogens with zero attached hydrogens (tertiary/aromatic N) is 1. The number of nitrogens with one attached hydrogen (secondary N) is 1. The molecule has 7 nitrogen and oxygen atoms in total. The van der Waals surface area contributed by atoms with Gasteiger partial charge in [-0.25, -0.2) is 0 Å². The zero-order valence-electron chi connectivity index (χ0n) is 14.6. The predicted octanol–water partition coefficient (Wildman–Crippen LogP) is 1.11. The molecule has 1 saturated heterocycles.